The fourth-order valence-electron chi connectivity index (χ4n) is 2.72. The Kier molecular flexibility index (Phi) is 3.97. The normalized spacial score (nSPS) is 16.3. The smallest absolute Gasteiger partial charge is 0.227 e. The monoisotopic (exact) mass is 300 g/mol. The van der Waals surface area contributed by atoms with Gasteiger partial charge in [-0.25, -0.2) is 0 Å². The number of benzene rings is 1. The third kappa shape index (κ3) is 2.95. The van der Waals surface area contributed by atoms with E-state index in [0.717, 1.165) is 24.3 Å². The summed E-state index contributed by atoms with van der Waals surface area (Å²) in [6.07, 6.45) is 1.61. The molecule has 1 aromatic carbocycles. The van der Waals surface area contributed by atoms with Crippen molar-refractivity contribution in [3.05, 3.63) is 46.2 Å². The van der Waals surface area contributed by atoms with Crippen molar-refractivity contribution in [3.63, 3.8) is 0 Å². The molecule has 0 spiro atoms. The summed E-state index contributed by atoms with van der Waals surface area (Å²) in [5.41, 5.74) is 2.03. The van der Waals surface area contributed by atoms with E-state index in [2.05, 4.69) is 37.4 Å². The second kappa shape index (κ2) is 5.90. The Labute approximate surface area is 129 Å². The first-order valence-electron chi connectivity index (χ1n) is 7.37. The number of thiophene rings is 1. The van der Waals surface area contributed by atoms with Gasteiger partial charge in [-0.3, -0.25) is 4.79 Å². The van der Waals surface area contributed by atoms with E-state index >= 15 is 0 Å². The van der Waals surface area contributed by atoms with Gasteiger partial charge in [0.25, 0.3) is 0 Å². The molecule has 4 heteroatoms. The van der Waals surface area contributed by atoms with Gasteiger partial charge in [-0.2, -0.15) is 0 Å². The van der Waals surface area contributed by atoms with E-state index in [1.807, 2.05) is 34.4 Å². The molecular formula is C17H20N2OS. The van der Waals surface area contributed by atoms with E-state index in [-0.39, 0.29) is 11.9 Å². The quantitative estimate of drug-likeness (QED) is 0.910. The molecule has 3 rings (SSSR count). The maximum Gasteiger partial charge on any atom is 0.227 e. The van der Waals surface area contributed by atoms with Crippen molar-refractivity contribution in [2.75, 3.05) is 16.8 Å². The third-order valence-electron chi connectivity index (χ3n) is 3.83. The molecule has 1 amide bonds. The molecule has 0 bridgehead atoms. The standard InChI is InChI=1S/C17H20N2OS/c1-12-9-10-16(21-12)13(2)18-14-6-3-4-7-15(14)19-11-5-8-17(19)20/h3-4,6-7,9-10,13,18H,5,8,11H2,1-2H3. The molecule has 1 aliphatic heterocycles. The summed E-state index contributed by atoms with van der Waals surface area (Å²) >= 11 is 1.81. The van der Waals surface area contributed by atoms with E-state index < -0.39 is 0 Å². The number of hydrogen-bond acceptors (Lipinski definition) is 3. The van der Waals surface area contributed by atoms with Crippen molar-refractivity contribution < 1.29 is 4.79 Å². The molecule has 3 nitrogen and oxygen atoms in total. The van der Waals surface area contributed by atoms with E-state index in [4.69, 9.17) is 0 Å². The van der Waals surface area contributed by atoms with Gasteiger partial charge in [0, 0.05) is 22.7 Å². The number of hydrogen-bond donors (Lipinski definition) is 1. The van der Waals surface area contributed by atoms with Crippen LogP contribution in [-0.2, 0) is 4.79 Å². The third-order valence-corrected chi connectivity index (χ3v) is 5.01. The Hall–Kier alpha value is -1.81. The van der Waals surface area contributed by atoms with Crippen LogP contribution in [0.15, 0.2) is 36.4 Å². The van der Waals surface area contributed by atoms with Crippen molar-refractivity contribution in [1.82, 2.24) is 0 Å². The molecule has 0 radical (unpaired) electrons. The zero-order valence-corrected chi connectivity index (χ0v) is 13.2. The zero-order valence-electron chi connectivity index (χ0n) is 12.4. The predicted octanol–water partition coefficient (Wildman–Crippen LogP) is 4.36. The molecule has 0 aliphatic carbocycles. The summed E-state index contributed by atoms with van der Waals surface area (Å²) in [5.74, 6) is 0.226. The van der Waals surface area contributed by atoms with Crippen LogP contribution in [0.3, 0.4) is 0 Å². The van der Waals surface area contributed by atoms with E-state index in [9.17, 15) is 4.79 Å². The van der Waals surface area contributed by atoms with E-state index in [1.54, 1.807) is 0 Å². The Balaban J connectivity index is 1.84. The SMILES string of the molecule is Cc1ccc(C(C)Nc2ccccc2N2CCCC2=O)s1. The Morgan fingerprint density at radius 2 is 2.05 bits per heavy atom. The average Bonchev–Trinajstić information content (AvgIpc) is 3.08. The molecule has 2 aromatic rings. The number of anilines is 2. The topological polar surface area (TPSA) is 32.3 Å². The van der Waals surface area contributed by atoms with Gasteiger partial charge in [0.2, 0.25) is 5.91 Å². The van der Waals surface area contributed by atoms with Crippen LogP contribution in [0, 0.1) is 6.92 Å². The summed E-state index contributed by atoms with van der Waals surface area (Å²) in [6.45, 7) is 5.11. The minimum absolute atomic E-state index is 0.226. The van der Waals surface area contributed by atoms with Crippen LogP contribution >= 0.6 is 11.3 Å². The van der Waals surface area contributed by atoms with Crippen LogP contribution in [0.4, 0.5) is 11.4 Å². The summed E-state index contributed by atoms with van der Waals surface area (Å²) in [6, 6.07) is 12.6. The first kappa shape index (κ1) is 14.1. The van der Waals surface area contributed by atoms with Gasteiger partial charge in [0.1, 0.15) is 0 Å². The number of nitrogens with zero attached hydrogens (tertiary/aromatic N) is 1. The summed E-state index contributed by atoms with van der Waals surface area (Å²) in [7, 11) is 0. The summed E-state index contributed by atoms with van der Waals surface area (Å²) in [4.78, 5) is 16.5. The highest BCUT2D eigenvalue weighted by molar-refractivity contribution is 7.12. The lowest BCUT2D eigenvalue weighted by Crippen LogP contribution is -2.25. The number of nitrogens with one attached hydrogen (secondary N) is 1. The minimum atomic E-state index is 0.226. The van der Waals surface area contributed by atoms with Crippen molar-refractivity contribution in [3.8, 4) is 0 Å². The van der Waals surface area contributed by atoms with Crippen molar-refractivity contribution in [2.24, 2.45) is 0 Å². The summed E-state index contributed by atoms with van der Waals surface area (Å²) < 4.78 is 0. The van der Waals surface area contributed by atoms with Crippen LogP contribution in [0.1, 0.15) is 35.6 Å². The molecule has 1 saturated heterocycles. The maximum atomic E-state index is 12.0. The molecule has 1 N–H and O–H groups in total. The Morgan fingerprint density at radius 3 is 2.71 bits per heavy atom. The lowest BCUT2D eigenvalue weighted by atomic mass is 10.2. The largest absolute Gasteiger partial charge is 0.376 e. The number of amides is 1. The van der Waals surface area contributed by atoms with Gasteiger partial charge in [-0.1, -0.05) is 12.1 Å². The van der Waals surface area contributed by atoms with Crippen LogP contribution in [0.5, 0.6) is 0 Å². The molecule has 1 atom stereocenters. The Morgan fingerprint density at radius 1 is 1.24 bits per heavy atom. The molecular weight excluding hydrogens is 280 g/mol. The first-order valence-corrected chi connectivity index (χ1v) is 8.19. The number of rotatable bonds is 4. The molecule has 21 heavy (non-hydrogen) atoms. The van der Waals surface area contributed by atoms with E-state index in [1.165, 1.54) is 9.75 Å². The van der Waals surface area contributed by atoms with Gasteiger partial charge in [-0.15, -0.1) is 11.3 Å². The predicted molar refractivity (Wildman–Crippen MR) is 89.1 cm³/mol. The number of para-hydroxylation sites is 2. The number of aryl methyl sites for hydroxylation is 1. The van der Waals surface area contributed by atoms with Gasteiger partial charge in [0.15, 0.2) is 0 Å². The number of carbonyl (C=O) groups is 1. The zero-order chi connectivity index (χ0) is 14.8. The second-order valence-corrected chi connectivity index (χ2v) is 6.80. The van der Waals surface area contributed by atoms with Crippen LogP contribution in [-0.4, -0.2) is 12.5 Å². The number of carbonyl (C=O) groups excluding carboxylic acids is 1. The highest BCUT2D eigenvalue weighted by Gasteiger charge is 2.24. The lowest BCUT2D eigenvalue weighted by Gasteiger charge is -2.22. The molecule has 1 fully saturated rings. The fraction of sp³-hybridized carbons (Fsp3) is 0.353. The molecule has 110 valence electrons. The minimum Gasteiger partial charge on any atom is -0.376 e. The van der Waals surface area contributed by atoms with Crippen LogP contribution in [0.25, 0.3) is 0 Å². The Bertz CT molecular complexity index is 650. The van der Waals surface area contributed by atoms with Crippen molar-refractivity contribution in [1.29, 1.82) is 0 Å². The average molecular weight is 300 g/mol. The fourth-order valence-corrected chi connectivity index (χ4v) is 3.60. The van der Waals surface area contributed by atoms with Gasteiger partial charge >= 0.3 is 0 Å². The highest BCUT2D eigenvalue weighted by Crippen LogP contribution is 2.33. The van der Waals surface area contributed by atoms with Crippen molar-refractivity contribution >= 4 is 28.6 Å². The molecule has 1 unspecified atom stereocenters. The molecule has 1 aromatic heterocycles. The highest BCUT2D eigenvalue weighted by atomic mass is 32.1. The summed E-state index contributed by atoms with van der Waals surface area (Å²) in [5, 5.41) is 3.55. The van der Waals surface area contributed by atoms with Crippen LogP contribution < -0.4 is 10.2 Å². The van der Waals surface area contributed by atoms with Gasteiger partial charge in [0.05, 0.1) is 17.4 Å². The van der Waals surface area contributed by atoms with Gasteiger partial charge < -0.3 is 10.2 Å². The maximum absolute atomic E-state index is 12.0. The molecule has 2 heterocycles. The lowest BCUT2D eigenvalue weighted by molar-refractivity contribution is -0.117. The van der Waals surface area contributed by atoms with Crippen molar-refractivity contribution in [2.45, 2.75) is 32.7 Å². The molecule has 1 aliphatic rings. The first-order chi connectivity index (χ1) is 10.1. The second-order valence-electron chi connectivity index (χ2n) is 5.48. The molecule has 0 saturated carbocycles. The van der Waals surface area contributed by atoms with E-state index in [0.29, 0.717) is 6.42 Å². The van der Waals surface area contributed by atoms with Crippen LogP contribution in [0.2, 0.25) is 0 Å². The van der Waals surface area contributed by atoms with Gasteiger partial charge in [-0.05, 0) is 44.5 Å².